The van der Waals surface area contributed by atoms with Crippen LogP contribution in [-0.2, 0) is 10.2 Å². The summed E-state index contributed by atoms with van der Waals surface area (Å²) in [5, 5.41) is 9.10. The Morgan fingerprint density at radius 2 is 1.86 bits per heavy atom. The van der Waals surface area contributed by atoms with Crippen molar-refractivity contribution in [3.63, 3.8) is 0 Å². The van der Waals surface area contributed by atoms with E-state index < -0.39 is 10.2 Å². The molecule has 0 radical (unpaired) electrons. The highest BCUT2D eigenvalue weighted by atomic mass is 32.2. The van der Waals surface area contributed by atoms with Gasteiger partial charge < -0.3 is 5.11 Å². The number of aliphatic hydroxyl groups excluding tert-OH is 1. The van der Waals surface area contributed by atoms with Crippen LogP contribution in [0.3, 0.4) is 0 Å². The van der Waals surface area contributed by atoms with Crippen molar-refractivity contribution < 1.29 is 13.5 Å². The van der Waals surface area contributed by atoms with Gasteiger partial charge in [0.1, 0.15) is 0 Å². The molecule has 2 unspecified atom stereocenters. The first-order valence-electron chi connectivity index (χ1n) is 8.37. The van der Waals surface area contributed by atoms with Gasteiger partial charge in [-0.2, -0.15) is 12.7 Å². The van der Waals surface area contributed by atoms with Crippen molar-refractivity contribution in [2.45, 2.75) is 51.9 Å². The average molecular weight is 318 g/mol. The summed E-state index contributed by atoms with van der Waals surface area (Å²) in [5.41, 5.74) is 0. The Morgan fingerprint density at radius 1 is 1.14 bits per heavy atom. The van der Waals surface area contributed by atoms with Crippen LogP contribution in [0.25, 0.3) is 0 Å². The Balaban J connectivity index is 1.71. The maximum absolute atomic E-state index is 12.2. The third-order valence-electron chi connectivity index (χ3n) is 5.05. The van der Waals surface area contributed by atoms with Crippen LogP contribution in [0, 0.1) is 17.8 Å². The molecule has 0 bridgehead atoms. The molecule has 2 fully saturated rings. The lowest BCUT2D eigenvalue weighted by Crippen LogP contribution is -2.45. The first-order chi connectivity index (χ1) is 10.0. The van der Waals surface area contributed by atoms with Gasteiger partial charge in [-0.1, -0.05) is 26.2 Å². The summed E-state index contributed by atoms with van der Waals surface area (Å²) < 4.78 is 28.8. The highest BCUT2D eigenvalue weighted by molar-refractivity contribution is 7.87. The number of hydrogen-bond donors (Lipinski definition) is 2. The van der Waals surface area contributed by atoms with Crippen molar-refractivity contribution in [1.82, 2.24) is 9.03 Å². The van der Waals surface area contributed by atoms with Crippen molar-refractivity contribution in [3.8, 4) is 0 Å². The Bertz CT molecular complexity index is 405. The van der Waals surface area contributed by atoms with Crippen LogP contribution < -0.4 is 4.72 Å². The van der Waals surface area contributed by atoms with Crippen molar-refractivity contribution in [1.29, 1.82) is 0 Å². The largest absolute Gasteiger partial charge is 0.396 e. The highest BCUT2D eigenvalue weighted by Gasteiger charge is 2.27. The fourth-order valence-corrected chi connectivity index (χ4v) is 4.89. The molecule has 2 aliphatic rings. The molecule has 2 atom stereocenters. The molecular formula is C15H30N2O3S. The minimum atomic E-state index is -3.33. The van der Waals surface area contributed by atoms with Crippen LogP contribution in [-0.4, -0.2) is 44.1 Å². The normalized spacial score (nSPS) is 29.6. The topological polar surface area (TPSA) is 69.6 Å². The van der Waals surface area contributed by atoms with E-state index in [9.17, 15) is 8.42 Å². The van der Waals surface area contributed by atoms with Crippen molar-refractivity contribution >= 4 is 10.2 Å². The maximum Gasteiger partial charge on any atom is 0.279 e. The average Bonchev–Trinajstić information content (AvgIpc) is 2.47. The lowest BCUT2D eigenvalue weighted by atomic mass is 9.81. The second kappa shape index (κ2) is 7.90. The molecule has 0 aromatic heterocycles. The van der Waals surface area contributed by atoms with Gasteiger partial charge in [0.2, 0.25) is 0 Å². The molecule has 0 spiro atoms. The van der Waals surface area contributed by atoms with Gasteiger partial charge in [-0.3, -0.25) is 0 Å². The summed E-state index contributed by atoms with van der Waals surface area (Å²) in [5.74, 6) is 1.73. The third kappa shape index (κ3) is 5.20. The predicted molar refractivity (Wildman–Crippen MR) is 84.0 cm³/mol. The van der Waals surface area contributed by atoms with Gasteiger partial charge in [0.15, 0.2) is 0 Å². The molecule has 0 amide bonds. The van der Waals surface area contributed by atoms with Gasteiger partial charge in [-0.05, 0) is 43.4 Å². The lowest BCUT2D eigenvalue weighted by Gasteiger charge is -2.31. The Labute approximate surface area is 129 Å². The fourth-order valence-electron chi connectivity index (χ4n) is 3.64. The molecule has 5 nitrogen and oxygen atoms in total. The van der Waals surface area contributed by atoms with E-state index in [2.05, 4.69) is 11.6 Å². The zero-order chi connectivity index (χ0) is 15.3. The van der Waals surface area contributed by atoms with Gasteiger partial charge in [-0.25, -0.2) is 4.72 Å². The van der Waals surface area contributed by atoms with Gasteiger partial charge in [0.25, 0.3) is 10.2 Å². The Kier molecular flexibility index (Phi) is 6.47. The zero-order valence-corrected chi connectivity index (χ0v) is 13.9. The van der Waals surface area contributed by atoms with Crippen molar-refractivity contribution in [2.75, 3.05) is 26.2 Å². The molecule has 1 saturated heterocycles. The number of piperidine rings is 1. The van der Waals surface area contributed by atoms with Crippen molar-refractivity contribution in [3.05, 3.63) is 0 Å². The predicted octanol–water partition coefficient (Wildman–Crippen LogP) is 1.74. The number of aliphatic hydroxyl groups is 1. The van der Waals surface area contributed by atoms with Crippen LogP contribution in [0.4, 0.5) is 0 Å². The zero-order valence-electron chi connectivity index (χ0n) is 13.1. The minimum absolute atomic E-state index is 0.168. The van der Waals surface area contributed by atoms with E-state index >= 15 is 0 Å². The minimum Gasteiger partial charge on any atom is -0.396 e. The molecule has 2 N–H and O–H groups in total. The van der Waals surface area contributed by atoms with Gasteiger partial charge in [0.05, 0.1) is 0 Å². The molecule has 6 heteroatoms. The van der Waals surface area contributed by atoms with E-state index in [0.717, 1.165) is 25.2 Å². The van der Waals surface area contributed by atoms with Gasteiger partial charge >= 0.3 is 0 Å². The molecule has 1 saturated carbocycles. The van der Waals surface area contributed by atoms with E-state index in [1.807, 2.05) is 0 Å². The van der Waals surface area contributed by atoms with E-state index in [0.29, 0.717) is 25.6 Å². The molecule has 1 aliphatic heterocycles. The summed E-state index contributed by atoms with van der Waals surface area (Å²) in [7, 11) is -3.33. The lowest BCUT2D eigenvalue weighted by molar-refractivity contribution is 0.169. The second-order valence-electron chi connectivity index (χ2n) is 6.85. The maximum atomic E-state index is 12.2. The van der Waals surface area contributed by atoms with E-state index in [1.165, 1.54) is 30.0 Å². The number of hydrogen-bond acceptors (Lipinski definition) is 3. The third-order valence-corrected chi connectivity index (χ3v) is 6.67. The van der Waals surface area contributed by atoms with Gasteiger partial charge in [0, 0.05) is 26.2 Å². The van der Waals surface area contributed by atoms with Crippen molar-refractivity contribution in [2.24, 2.45) is 17.8 Å². The second-order valence-corrected chi connectivity index (χ2v) is 8.61. The van der Waals surface area contributed by atoms with Crippen LogP contribution in [0.2, 0.25) is 0 Å². The monoisotopic (exact) mass is 318 g/mol. The first-order valence-corrected chi connectivity index (χ1v) is 9.81. The quantitative estimate of drug-likeness (QED) is 0.784. The molecule has 2 rings (SSSR count). The summed E-state index contributed by atoms with van der Waals surface area (Å²) >= 11 is 0. The SMILES string of the molecule is CC1CCCC(CCNS(=O)(=O)N2CCC(CO)CC2)C1. The van der Waals surface area contributed by atoms with Gasteiger partial charge in [-0.15, -0.1) is 0 Å². The molecular weight excluding hydrogens is 288 g/mol. The molecule has 0 aromatic carbocycles. The summed E-state index contributed by atoms with van der Waals surface area (Å²) in [4.78, 5) is 0. The first kappa shape index (κ1) is 17.2. The molecule has 21 heavy (non-hydrogen) atoms. The summed E-state index contributed by atoms with van der Waals surface area (Å²) in [6.45, 7) is 4.07. The molecule has 1 aliphatic carbocycles. The van der Waals surface area contributed by atoms with E-state index in [1.54, 1.807) is 0 Å². The highest BCUT2D eigenvalue weighted by Crippen LogP contribution is 2.30. The Hall–Kier alpha value is -0.170. The number of nitrogens with one attached hydrogen (secondary N) is 1. The molecule has 0 aromatic rings. The standard InChI is InChI=1S/C15H30N2O3S/c1-13-3-2-4-14(11-13)5-8-16-21(19,20)17-9-6-15(12-18)7-10-17/h13-16,18H,2-12H2,1H3. The van der Waals surface area contributed by atoms with E-state index in [4.69, 9.17) is 5.11 Å². The smallest absolute Gasteiger partial charge is 0.279 e. The van der Waals surface area contributed by atoms with Crippen LogP contribution in [0.15, 0.2) is 0 Å². The van der Waals surface area contributed by atoms with Crippen LogP contribution >= 0.6 is 0 Å². The van der Waals surface area contributed by atoms with Crippen LogP contribution in [0.1, 0.15) is 51.9 Å². The summed E-state index contributed by atoms with van der Waals surface area (Å²) in [6, 6.07) is 0. The summed E-state index contributed by atoms with van der Waals surface area (Å²) in [6.07, 6.45) is 7.57. The van der Waals surface area contributed by atoms with E-state index in [-0.39, 0.29) is 12.5 Å². The number of nitrogens with zero attached hydrogens (tertiary/aromatic N) is 1. The Morgan fingerprint density at radius 3 is 2.48 bits per heavy atom. The molecule has 124 valence electrons. The van der Waals surface area contributed by atoms with Crippen LogP contribution in [0.5, 0.6) is 0 Å². The fraction of sp³-hybridized carbons (Fsp3) is 1.00. The number of rotatable bonds is 6. The molecule has 1 heterocycles.